The summed E-state index contributed by atoms with van der Waals surface area (Å²) in [6.45, 7) is 9.22. The molecule has 3 unspecified atom stereocenters. The van der Waals surface area contributed by atoms with Gasteiger partial charge in [-0.2, -0.15) is 0 Å². The van der Waals surface area contributed by atoms with Crippen LogP contribution in [0.4, 0.5) is 4.79 Å². The molecule has 47 heavy (non-hydrogen) atoms. The summed E-state index contributed by atoms with van der Waals surface area (Å²) in [4.78, 5) is 58.3. The first-order chi connectivity index (χ1) is 22.5. The van der Waals surface area contributed by atoms with Crippen LogP contribution in [0.25, 0.3) is 10.8 Å². The van der Waals surface area contributed by atoms with E-state index in [-0.39, 0.29) is 31.4 Å². The summed E-state index contributed by atoms with van der Waals surface area (Å²) in [6, 6.07) is 6.15. The van der Waals surface area contributed by atoms with Crippen molar-refractivity contribution in [3.63, 3.8) is 0 Å². The smallest absolute Gasteiger partial charge is 0.408 e. The van der Waals surface area contributed by atoms with Crippen molar-refractivity contribution in [2.45, 2.75) is 87.7 Å². The summed E-state index contributed by atoms with van der Waals surface area (Å²) in [5, 5.41) is 6.17. The minimum atomic E-state index is -3.77. The number of hydrogen-bond acceptors (Lipinski definition) is 7. The van der Waals surface area contributed by atoms with Crippen molar-refractivity contribution in [3.05, 3.63) is 60.8 Å². The first-order valence-electron chi connectivity index (χ1n) is 16.7. The molecule has 1 saturated heterocycles. The Balaban J connectivity index is 1.36. The number of nitrogens with one attached hydrogen (secondary N) is 2. The second kappa shape index (κ2) is 13.4. The third kappa shape index (κ3) is 6.97. The van der Waals surface area contributed by atoms with Crippen LogP contribution < -0.4 is 15.4 Å². The van der Waals surface area contributed by atoms with E-state index in [9.17, 15) is 23.8 Å². The van der Waals surface area contributed by atoms with E-state index in [1.807, 2.05) is 12.1 Å². The van der Waals surface area contributed by atoms with Crippen molar-refractivity contribution in [3.8, 4) is 5.88 Å². The van der Waals surface area contributed by atoms with Crippen LogP contribution in [0.5, 0.6) is 5.88 Å². The lowest BCUT2D eigenvalue weighted by Gasteiger charge is -2.34. The van der Waals surface area contributed by atoms with Crippen LogP contribution in [0, 0.1) is 11.8 Å². The normalized spacial score (nSPS) is 30.3. The average Bonchev–Trinajstić information content (AvgIpc) is 3.63. The maximum atomic E-state index is 14.5. The maximum absolute atomic E-state index is 14.5. The monoisotopic (exact) mass is 664 g/mol. The molecule has 1 aromatic heterocycles. The van der Waals surface area contributed by atoms with Gasteiger partial charge in [0.25, 0.3) is 0 Å². The molecular weight excluding hydrogens is 619 g/mol. The minimum Gasteiger partial charge on any atom is -0.472 e. The number of aromatic nitrogens is 1. The number of carbonyl (C=O) groups excluding carboxylic acids is 3. The van der Waals surface area contributed by atoms with E-state index in [0.29, 0.717) is 18.7 Å². The molecule has 12 heteroatoms. The van der Waals surface area contributed by atoms with Gasteiger partial charge in [0.05, 0.1) is 6.54 Å². The number of pyridine rings is 1. The van der Waals surface area contributed by atoms with Gasteiger partial charge < -0.3 is 29.9 Å². The molecule has 6 rings (SSSR count). The van der Waals surface area contributed by atoms with Gasteiger partial charge in [-0.1, -0.05) is 44.1 Å². The summed E-state index contributed by atoms with van der Waals surface area (Å²) in [6.07, 6.45) is 9.09. The predicted octanol–water partition coefficient (Wildman–Crippen LogP) is 5.07. The number of aryl methyl sites for hydroxylation is 1. The lowest BCUT2D eigenvalue weighted by molar-refractivity contribution is -0.141. The molecule has 2 saturated carbocycles. The van der Waals surface area contributed by atoms with Gasteiger partial charge in [-0.3, -0.25) is 14.2 Å². The molecule has 0 spiro atoms. The van der Waals surface area contributed by atoms with E-state index in [1.165, 1.54) is 11.6 Å². The van der Waals surface area contributed by atoms with Gasteiger partial charge in [-0.25, -0.2) is 9.78 Å². The lowest BCUT2D eigenvalue weighted by Crippen LogP contribution is -2.57. The Kier molecular flexibility index (Phi) is 9.50. The number of cyclic esters (lactones) is 1. The minimum absolute atomic E-state index is 0.0403. The van der Waals surface area contributed by atoms with Crippen LogP contribution in [0.2, 0.25) is 0 Å². The average molecular weight is 665 g/mol. The zero-order valence-electron chi connectivity index (χ0n) is 27.0. The molecule has 3 amide bonds. The number of hydrogen-bond donors (Lipinski definition) is 3. The quantitative estimate of drug-likeness (QED) is 0.297. The Morgan fingerprint density at radius 3 is 2.70 bits per heavy atom. The van der Waals surface area contributed by atoms with Crippen LogP contribution >= 0.6 is 7.37 Å². The Hall–Kier alpha value is -3.69. The molecule has 2 aliphatic carbocycles. The van der Waals surface area contributed by atoms with Crippen molar-refractivity contribution >= 4 is 36.0 Å². The zero-order valence-corrected chi connectivity index (χ0v) is 27.9. The standard InChI is InChI=1S/C35H45N4O7P/c1-4-26-19-35(26,47(3,43)44)38-31(40)29-18-27-20-39(29)33(41)30(25-11-6-5-7-12-25)37-34(42)45-21-22(2)9-8-10-23-13-14-24-15-16-36-32(46-27)28(24)17-23/h4,13-17,25-27,29-30H,1-2,5-12,18-21H2,3H3,(H,37,42)(H,38,40)(H,43,44)/t26?,27-,29+,30+,35?/m1/s1. The molecular formula is C35H45N4O7P. The number of ether oxygens (including phenoxy) is 2. The number of fused-ring (bicyclic) bond motifs is 3. The number of rotatable bonds is 5. The highest BCUT2D eigenvalue weighted by Crippen LogP contribution is 2.67. The molecule has 252 valence electrons. The number of alkyl carbamates (subject to hydrolysis) is 1. The summed E-state index contributed by atoms with van der Waals surface area (Å²) in [5.74, 6) is -1.01. The van der Waals surface area contributed by atoms with Gasteiger partial charge in [0.2, 0.25) is 25.1 Å². The number of amides is 3. The van der Waals surface area contributed by atoms with Crippen LogP contribution in [0.3, 0.4) is 0 Å². The number of benzene rings is 1. The molecule has 2 aliphatic heterocycles. The molecule has 11 nitrogen and oxygen atoms in total. The Bertz CT molecular complexity index is 1620. The van der Waals surface area contributed by atoms with Crippen molar-refractivity contribution in [1.29, 1.82) is 0 Å². The fraction of sp³-hybridized carbons (Fsp3) is 0.543. The fourth-order valence-electron chi connectivity index (χ4n) is 7.53. The Morgan fingerprint density at radius 1 is 1.19 bits per heavy atom. The van der Waals surface area contributed by atoms with Crippen molar-refractivity contribution in [2.24, 2.45) is 11.8 Å². The third-order valence-corrected chi connectivity index (χ3v) is 12.4. The molecule has 3 N–H and O–H groups in total. The van der Waals surface area contributed by atoms with Crippen LogP contribution in [-0.2, 0) is 25.3 Å². The van der Waals surface area contributed by atoms with E-state index in [0.717, 1.165) is 66.9 Å². The summed E-state index contributed by atoms with van der Waals surface area (Å²) >= 11 is 0. The highest BCUT2D eigenvalue weighted by atomic mass is 31.2. The zero-order chi connectivity index (χ0) is 33.3. The van der Waals surface area contributed by atoms with Crippen molar-refractivity contribution < 1.29 is 33.3 Å². The Labute approximate surface area is 275 Å². The van der Waals surface area contributed by atoms with E-state index < -0.39 is 48.7 Å². The first-order valence-corrected chi connectivity index (χ1v) is 18.8. The van der Waals surface area contributed by atoms with E-state index in [1.54, 1.807) is 12.3 Å². The number of nitrogens with zero attached hydrogens (tertiary/aromatic N) is 2. The number of carbonyl (C=O) groups is 3. The van der Waals surface area contributed by atoms with Crippen LogP contribution in [0.1, 0.15) is 63.4 Å². The molecule has 0 radical (unpaired) electrons. The SMILES string of the molecule is C=CC1CC1(NC(=O)[C@@H]1C[C@@H]2CN1C(=O)[C@H](C1CCCCC1)NC(=O)OCC(=C)CCCc1ccc3ccnc(c3c1)O2)P(C)(=O)O. The largest absolute Gasteiger partial charge is 0.472 e. The highest BCUT2D eigenvalue weighted by molar-refractivity contribution is 7.59. The topological polar surface area (TPSA) is 147 Å². The van der Waals surface area contributed by atoms with E-state index in [4.69, 9.17) is 9.47 Å². The second-order valence-corrected chi connectivity index (χ2v) is 16.2. The summed E-state index contributed by atoms with van der Waals surface area (Å²) in [7, 11) is -3.77. The van der Waals surface area contributed by atoms with E-state index >= 15 is 0 Å². The maximum Gasteiger partial charge on any atom is 0.408 e. The van der Waals surface area contributed by atoms with Gasteiger partial charge >= 0.3 is 6.09 Å². The Morgan fingerprint density at radius 2 is 1.98 bits per heavy atom. The molecule has 4 aliphatic rings. The molecule has 4 bridgehead atoms. The highest BCUT2D eigenvalue weighted by Gasteiger charge is 2.64. The third-order valence-electron chi connectivity index (χ3n) is 10.3. The van der Waals surface area contributed by atoms with E-state index in [2.05, 4.69) is 40.9 Å². The van der Waals surface area contributed by atoms with Gasteiger partial charge in [-0.05, 0) is 73.1 Å². The first kappa shape index (κ1) is 33.2. The molecule has 3 fully saturated rings. The van der Waals surface area contributed by atoms with Gasteiger partial charge in [0.1, 0.15) is 30.1 Å². The van der Waals surface area contributed by atoms with Gasteiger partial charge in [0.15, 0.2) is 0 Å². The molecule has 6 atom stereocenters. The van der Waals surface area contributed by atoms with Gasteiger partial charge in [-0.15, -0.1) is 6.58 Å². The van der Waals surface area contributed by atoms with Crippen molar-refractivity contribution in [1.82, 2.24) is 20.5 Å². The van der Waals surface area contributed by atoms with Crippen LogP contribution in [-0.4, -0.2) is 76.0 Å². The predicted molar refractivity (Wildman–Crippen MR) is 178 cm³/mol. The van der Waals surface area contributed by atoms with Crippen LogP contribution in [0.15, 0.2) is 55.3 Å². The molecule has 3 heterocycles. The molecule has 2 aromatic rings. The van der Waals surface area contributed by atoms with Crippen molar-refractivity contribution in [2.75, 3.05) is 19.8 Å². The lowest BCUT2D eigenvalue weighted by atomic mass is 9.83. The fourth-order valence-corrected chi connectivity index (χ4v) is 9.10. The summed E-state index contributed by atoms with van der Waals surface area (Å²) in [5.41, 5.74) is 1.87. The molecule has 1 aromatic carbocycles. The summed E-state index contributed by atoms with van der Waals surface area (Å²) < 4.78 is 25.0. The second-order valence-electron chi connectivity index (χ2n) is 13.7. The van der Waals surface area contributed by atoms with Gasteiger partial charge in [0, 0.05) is 30.6 Å².